The number of aromatic nitrogens is 4. The van der Waals surface area contributed by atoms with E-state index in [1.54, 1.807) is 4.57 Å². The number of aliphatic hydroxyl groups is 2. The normalized spacial score (nSPS) is 30.9. The lowest BCUT2D eigenvalue weighted by Crippen LogP contribution is -2.36. The van der Waals surface area contributed by atoms with Gasteiger partial charge in [-0.25, -0.2) is 19.7 Å². The van der Waals surface area contributed by atoms with Crippen LogP contribution in [0, 0.1) is 0 Å². The van der Waals surface area contributed by atoms with Gasteiger partial charge in [-0.05, 0) is 12.8 Å². The summed E-state index contributed by atoms with van der Waals surface area (Å²) in [5.74, 6) is 1.08. The van der Waals surface area contributed by atoms with Crippen molar-refractivity contribution in [1.82, 2.24) is 30.2 Å². The second kappa shape index (κ2) is 9.41. The summed E-state index contributed by atoms with van der Waals surface area (Å²) in [4.78, 5) is 36.7. The number of hydrogen-bond donors (Lipinski definition) is 5. The van der Waals surface area contributed by atoms with Gasteiger partial charge in [-0.2, -0.15) is 11.8 Å². The van der Waals surface area contributed by atoms with Gasteiger partial charge in [0.1, 0.15) is 12.4 Å². The Morgan fingerprint density at radius 2 is 2.18 bits per heavy atom. The Hall–Kier alpha value is -2.48. The van der Waals surface area contributed by atoms with Crippen molar-refractivity contribution in [2.75, 3.05) is 17.7 Å². The van der Waals surface area contributed by atoms with Crippen LogP contribution in [0.1, 0.15) is 38.3 Å². The number of carbonyl (C=O) groups is 2. The number of anilines is 1. The molecule has 178 valence electrons. The Balaban J connectivity index is 1.15. The lowest BCUT2D eigenvalue weighted by molar-refractivity contribution is -0.116. The monoisotopic (exact) mass is 477 g/mol. The van der Waals surface area contributed by atoms with E-state index in [9.17, 15) is 19.8 Å². The summed E-state index contributed by atoms with van der Waals surface area (Å²) >= 11 is 1.87. The first-order chi connectivity index (χ1) is 16.0. The minimum atomic E-state index is -0.797. The van der Waals surface area contributed by atoms with Crippen LogP contribution in [0.5, 0.6) is 0 Å². The first-order valence-electron chi connectivity index (χ1n) is 11.1. The lowest BCUT2D eigenvalue weighted by Gasteiger charge is -2.16. The molecule has 0 aliphatic carbocycles. The number of aliphatic hydroxyl groups excluding tert-OH is 2. The van der Waals surface area contributed by atoms with Crippen LogP contribution in [-0.2, 0) is 9.53 Å². The summed E-state index contributed by atoms with van der Waals surface area (Å²) in [7, 11) is 0. The number of thioether (sulfide) groups is 1. The van der Waals surface area contributed by atoms with E-state index in [1.165, 1.54) is 12.7 Å². The van der Waals surface area contributed by atoms with E-state index in [2.05, 4.69) is 30.9 Å². The van der Waals surface area contributed by atoms with Crippen LogP contribution in [-0.4, -0.2) is 83.6 Å². The minimum absolute atomic E-state index is 0.0875. The molecule has 5 rings (SSSR count). The van der Waals surface area contributed by atoms with Crippen LogP contribution in [0.25, 0.3) is 11.2 Å². The molecule has 1 unspecified atom stereocenters. The fraction of sp³-hybridized carbons (Fsp3) is 0.650. The highest BCUT2D eigenvalue weighted by atomic mass is 32.2. The minimum Gasteiger partial charge on any atom is -0.394 e. The van der Waals surface area contributed by atoms with Gasteiger partial charge in [0.25, 0.3) is 0 Å². The van der Waals surface area contributed by atoms with Crippen molar-refractivity contribution in [2.45, 2.75) is 67.9 Å². The van der Waals surface area contributed by atoms with E-state index in [0.29, 0.717) is 35.1 Å². The SMILES string of the molecule is O=C(CCCC[C@@H]1SC[C@@H]2NC(=O)N[C@@H]21)Nc1ncnc2c1ncn2C1O[C@H](CO)C[C@@H]1O. The smallest absolute Gasteiger partial charge is 0.315 e. The standard InChI is InChI=1S/C20H27N7O5S/c28-6-10-5-12(29)19(32-10)27-9-23-16-17(21-8-22-18(16)27)25-14(30)4-2-1-3-13-15-11(7-33-13)24-20(31)26-15/h8-13,15,19,28-29H,1-7H2,(H2,24,26,31)(H,21,22,25,30)/t10-,11-,12-,13-,15-,19?/m0/s1. The van der Waals surface area contributed by atoms with Crippen molar-refractivity contribution in [3.8, 4) is 0 Å². The molecule has 3 aliphatic rings. The maximum absolute atomic E-state index is 12.5. The molecule has 3 amide bonds. The molecule has 5 heterocycles. The molecule has 3 fully saturated rings. The van der Waals surface area contributed by atoms with Crippen LogP contribution < -0.4 is 16.0 Å². The van der Waals surface area contributed by atoms with Gasteiger partial charge >= 0.3 is 6.03 Å². The highest BCUT2D eigenvalue weighted by Crippen LogP contribution is 2.34. The fourth-order valence-electron chi connectivity index (χ4n) is 4.70. The third-order valence-electron chi connectivity index (χ3n) is 6.34. The van der Waals surface area contributed by atoms with Crippen LogP contribution in [0.15, 0.2) is 12.7 Å². The maximum Gasteiger partial charge on any atom is 0.315 e. The molecule has 0 saturated carbocycles. The van der Waals surface area contributed by atoms with Crippen molar-refractivity contribution in [1.29, 1.82) is 0 Å². The number of ether oxygens (including phenoxy) is 1. The number of fused-ring (bicyclic) bond motifs is 2. The van der Waals surface area contributed by atoms with E-state index in [-0.39, 0.29) is 30.6 Å². The third kappa shape index (κ3) is 4.50. The van der Waals surface area contributed by atoms with Gasteiger partial charge < -0.3 is 30.9 Å². The average molecular weight is 478 g/mol. The molecule has 0 bridgehead atoms. The summed E-state index contributed by atoms with van der Waals surface area (Å²) in [5.41, 5.74) is 0.843. The van der Waals surface area contributed by atoms with Gasteiger partial charge in [-0.1, -0.05) is 6.42 Å². The molecule has 33 heavy (non-hydrogen) atoms. The van der Waals surface area contributed by atoms with E-state index in [0.717, 1.165) is 25.0 Å². The van der Waals surface area contributed by atoms with Gasteiger partial charge in [0.2, 0.25) is 5.91 Å². The second-order valence-electron chi connectivity index (χ2n) is 8.60. The summed E-state index contributed by atoms with van der Waals surface area (Å²) in [5, 5.41) is 28.7. The Labute approximate surface area is 193 Å². The molecule has 3 saturated heterocycles. The number of nitrogens with zero attached hydrogens (tertiary/aromatic N) is 4. The largest absolute Gasteiger partial charge is 0.394 e. The number of rotatable bonds is 8. The van der Waals surface area contributed by atoms with E-state index >= 15 is 0 Å². The number of unbranched alkanes of at least 4 members (excludes halogenated alkanes) is 1. The number of amides is 3. The molecular weight excluding hydrogens is 450 g/mol. The first-order valence-corrected chi connectivity index (χ1v) is 12.2. The van der Waals surface area contributed by atoms with Crippen molar-refractivity contribution in [2.24, 2.45) is 0 Å². The van der Waals surface area contributed by atoms with Crippen LogP contribution >= 0.6 is 11.8 Å². The van der Waals surface area contributed by atoms with Crippen molar-refractivity contribution in [3.05, 3.63) is 12.7 Å². The molecule has 2 aromatic rings. The second-order valence-corrected chi connectivity index (χ2v) is 9.87. The number of carbonyl (C=O) groups excluding carboxylic acids is 2. The number of hydrogen-bond acceptors (Lipinski definition) is 9. The molecular formula is C20H27N7O5S. The summed E-state index contributed by atoms with van der Waals surface area (Å²) in [6, 6.07) is 0.298. The number of nitrogens with one attached hydrogen (secondary N) is 3. The quantitative estimate of drug-likeness (QED) is 0.263. The Kier molecular flexibility index (Phi) is 6.36. The summed E-state index contributed by atoms with van der Waals surface area (Å²) in [6.07, 6.45) is 4.11. The van der Waals surface area contributed by atoms with Crippen molar-refractivity contribution in [3.63, 3.8) is 0 Å². The zero-order valence-electron chi connectivity index (χ0n) is 17.9. The Morgan fingerprint density at radius 1 is 1.30 bits per heavy atom. The summed E-state index contributed by atoms with van der Waals surface area (Å²) in [6.45, 7) is -0.178. The van der Waals surface area contributed by atoms with E-state index in [1.807, 2.05) is 11.8 Å². The van der Waals surface area contributed by atoms with Gasteiger partial charge in [-0.15, -0.1) is 0 Å². The predicted molar refractivity (Wildman–Crippen MR) is 120 cm³/mol. The predicted octanol–water partition coefficient (Wildman–Crippen LogP) is 0.131. The van der Waals surface area contributed by atoms with E-state index in [4.69, 9.17) is 4.74 Å². The van der Waals surface area contributed by atoms with Gasteiger partial charge in [0, 0.05) is 23.8 Å². The average Bonchev–Trinajstić information content (AvgIpc) is 3.55. The fourth-order valence-corrected chi connectivity index (χ4v) is 6.24. The zero-order valence-corrected chi connectivity index (χ0v) is 18.7. The molecule has 2 aromatic heterocycles. The molecule has 3 aliphatic heterocycles. The Morgan fingerprint density at radius 3 is 3.00 bits per heavy atom. The van der Waals surface area contributed by atoms with Crippen LogP contribution in [0.4, 0.5) is 10.6 Å². The maximum atomic E-state index is 12.5. The molecule has 12 nitrogen and oxygen atoms in total. The number of urea groups is 1. The molecule has 0 spiro atoms. The van der Waals surface area contributed by atoms with Gasteiger partial charge in [0.05, 0.1) is 31.1 Å². The molecule has 13 heteroatoms. The van der Waals surface area contributed by atoms with Crippen molar-refractivity contribution < 1.29 is 24.5 Å². The lowest BCUT2D eigenvalue weighted by atomic mass is 10.0. The van der Waals surface area contributed by atoms with E-state index < -0.39 is 18.4 Å². The molecule has 6 atom stereocenters. The van der Waals surface area contributed by atoms with Crippen LogP contribution in [0.3, 0.4) is 0 Å². The summed E-state index contributed by atoms with van der Waals surface area (Å²) < 4.78 is 7.28. The Bertz CT molecular complexity index is 1040. The molecule has 0 aromatic carbocycles. The zero-order chi connectivity index (χ0) is 22.9. The molecule has 0 radical (unpaired) electrons. The highest BCUT2D eigenvalue weighted by Gasteiger charge is 2.42. The van der Waals surface area contributed by atoms with Gasteiger partial charge in [0.15, 0.2) is 23.2 Å². The molecule has 5 N–H and O–H groups in total. The van der Waals surface area contributed by atoms with Crippen molar-refractivity contribution >= 4 is 40.7 Å². The van der Waals surface area contributed by atoms with Gasteiger partial charge in [-0.3, -0.25) is 9.36 Å². The number of imidazole rings is 1. The highest BCUT2D eigenvalue weighted by molar-refractivity contribution is 8.00. The third-order valence-corrected chi connectivity index (χ3v) is 7.85. The topological polar surface area (TPSA) is 164 Å². The van der Waals surface area contributed by atoms with Crippen LogP contribution in [0.2, 0.25) is 0 Å². The first kappa shape index (κ1) is 22.3.